The van der Waals surface area contributed by atoms with Crippen LogP contribution in [0.5, 0.6) is 0 Å². The van der Waals surface area contributed by atoms with Crippen LogP contribution >= 0.6 is 0 Å². The SMILES string of the molecule is Cc1ccc(Cc2cc(C)c(C)c(Cc3ccc(C)c(C)c3)c2)cc1C. The second kappa shape index (κ2) is 7.50. The Hall–Kier alpha value is -2.34. The van der Waals surface area contributed by atoms with Gasteiger partial charge >= 0.3 is 0 Å². The maximum Gasteiger partial charge on any atom is -0.00228 e. The summed E-state index contributed by atoms with van der Waals surface area (Å²) in [6.07, 6.45) is 2.01. The van der Waals surface area contributed by atoms with Crippen LogP contribution in [0.3, 0.4) is 0 Å². The maximum atomic E-state index is 2.41. The van der Waals surface area contributed by atoms with Gasteiger partial charge in [-0.1, -0.05) is 48.5 Å². The van der Waals surface area contributed by atoms with Crippen LogP contribution in [0.4, 0.5) is 0 Å². The molecule has 0 atom stereocenters. The molecule has 0 saturated carbocycles. The van der Waals surface area contributed by atoms with Crippen molar-refractivity contribution in [2.75, 3.05) is 0 Å². The highest BCUT2D eigenvalue weighted by molar-refractivity contribution is 5.43. The quantitative estimate of drug-likeness (QED) is 0.494. The molecule has 0 radical (unpaired) electrons. The van der Waals surface area contributed by atoms with E-state index in [4.69, 9.17) is 0 Å². The molecule has 0 fully saturated rings. The van der Waals surface area contributed by atoms with Crippen molar-refractivity contribution in [2.24, 2.45) is 0 Å². The van der Waals surface area contributed by atoms with E-state index in [2.05, 4.69) is 90.1 Å². The third-order valence-corrected chi connectivity index (χ3v) is 5.78. The zero-order chi connectivity index (χ0) is 18.8. The lowest BCUT2D eigenvalue weighted by Crippen LogP contribution is -1.99. The van der Waals surface area contributed by atoms with Gasteiger partial charge in [-0.2, -0.15) is 0 Å². The first kappa shape index (κ1) is 18.5. The molecule has 0 amide bonds. The molecule has 0 saturated heterocycles. The van der Waals surface area contributed by atoms with E-state index in [1.807, 2.05) is 0 Å². The van der Waals surface area contributed by atoms with Gasteiger partial charge in [-0.25, -0.2) is 0 Å². The summed E-state index contributed by atoms with van der Waals surface area (Å²) < 4.78 is 0. The molecule has 0 nitrogen and oxygen atoms in total. The van der Waals surface area contributed by atoms with Gasteiger partial charge in [0, 0.05) is 0 Å². The van der Waals surface area contributed by atoms with Crippen molar-refractivity contribution in [2.45, 2.75) is 54.4 Å². The van der Waals surface area contributed by atoms with Crippen molar-refractivity contribution in [3.8, 4) is 0 Å². The summed E-state index contributed by atoms with van der Waals surface area (Å²) in [5.74, 6) is 0. The van der Waals surface area contributed by atoms with E-state index in [0.717, 1.165) is 12.8 Å². The minimum absolute atomic E-state index is 1.00. The molecule has 0 aliphatic carbocycles. The highest BCUT2D eigenvalue weighted by atomic mass is 14.1. The number of hydrogen-bond donors (Lipinski definition) is 0. The fourth-order valence-electron chi connectivity index (χ4n) is 3.58. The predicted octanol–water partition coefficient (Wildman–Crippen LogP) is 6.72. The Morgan fingerprint density at radius 2 is 0.962 bits per heavy atom. The second-order valence-electron chi connectivity index (χ2n) is 7.89. The lowest BCUT2D eigenvalue weighted by Gasteiger charge is -2.14. The van der Waals surface area contributed by atoms with Gasteiger partial charge in [0.15, 0.2) is 0 Å². The highest BCUT2D eigenvalue weighted by Gasteiger charge is 2.08. The average molecular weight is 343 g/mol. The van der Waals surface area contributed by atoms with E-state index in [9.17, 15) is 0 Å². The zero-order valence-electron chi connectivity index (χ0n) is 17.0. The third-order valence-electron chi connectivity index (χ3n) is 5.78. The summed E-state index contributed by atoms with van der Waals surface area (Å²) in [4.78, 5) is 0. The molecule has 0 heteroatoms. The molecule has 0 aliphatic rings. The smallest absolute Gasteiger partial charge is 0.00228 e. The lowest BCUT2D eigenvalue weighted by molar-refractivity contribution is 1.08. The van der Waals surface area contributed by atoms with E-state index < -0.39 is 0 Å². The summed E-state index contributed by atoms with van der Waals surface area (Å²) in [7, 11) is 0. The standard InChI is InChI=1S/C26H30/c1-17-7-9-23(11-19(17)3)14-25-13-21(5)22(6)26(16-25)15-24-10-8-18(2)20(4)12-24/h7-13,16H,14-15H2,1-6H3. The first-order valence-corrected chi connectivity index (χ1v) is 9.54. The van der Waals surface area contributed by atoms with Crippen molar-refractivity contribution in [1.82, 2.24) is 0 Å². The largest absolute Gasteiger partial charge is 0.0588 e. The molecule has 134 valence electrons. The van der Waals surface area contributed by atoms with Crippen molar-refractivity contribution >= 4 is 0 Å². The van der Waals surface area contributed by atoms with Crippen LogP contribution in [0.1, 0.15) is 55.6 Å². The van der Waals surface area contributed by atoms with Crippen molar-refractivity contribution in [3.05, 3.63) is 104 Å². The molecule has 0 aliphatic heterocycles. The highest BCUT2D eigenvalue weighted by Crippen LogP contribution is 2.23. The monoisotopic (exact) mass is 342 g/mol. The molecule has 0 bridgehead atoms. The van der Waals surface area contributed by atoms with Gasteiger partial charge in [-0.3, -0.25) is 0 Å². The summed E-state index contributed by atoms with van der Waals surface area (Å²) in [6.45, 7) is 13.3. The minimum atomic E-state index is 1.00. The van der Waals surface area contributed by atoms with Crippen LogP contribution in [-0.2, 0) is 12.8 Å². The topological polar surface area (TPSA) is 0 Å². The van der Waals surface area contributed by atoms with Crippen molar-refractivity contribution in [3.63, 3.8) is 0 Å². The van der Waals surface area contributed by atoms with Gasteiger partial charge in [0.05, 0.1) is 0 Å². The van der Waals surface area contributed by atoms with Gasteiger partial charge in [0.1, 0.15) is 0 Å². The van der Waals surface area contributed by atoms with Crippen molar-refractivity contribution in [1.29, 1.82) is 0 Å². The fourth-order valence-corrected chi connectivity index (χ4v) is 3.58. The van der Waals surface area contributed by atoms with Crippen LogP contribution in [0, 0.1) is 41.5 Å². The van der Waals surface area contributed by atoms with Gasteiger partial charge in [0.25, 0.3) is 0 Å². The number of aryl methyl sites for hydroxylation is 5. The van der Waals surface area contributed by atoms with Gasteiger partial charge in [-0.15, -0.1) is 0 Å². The Kier molecular flexibility index (Phi) is 5.32. The Morgan fingerprint density at radius 1 is 0.462 bits per heavy atom. The summed E-state index contributed by atoms with van der Waals surface area (Å²) in [5, 5.41) is 0. The fraction of sp³-hybridized carbons (Fsp3) is 0.308. The van der Waals surface area contributed by atoms with E-state index in [1.54, 1.807) is 0 Å². The zero-order valence-corrected chi connectivity index (χ0v) is 17.0. The van der Waals surface area contributed by atoms with Gasteiger partial charge < -0.3 is 0 Å². The number of rotatable bonds is 4. The lowest BCUT2D eigenvalue weighted by atomic mass is 9.91. The first-order valence-electron chi connectivity index (χ1n) is 9.54. The molecule has 0 N–H and O–H groups in total. The summed E-state index contributed by atoms with van der Waals surface area (Å²) in [5.41, 5.74) is 14.0. The predicted molar refractivity (Wildman–Crippen MR) is 113 cm³/mol. The second-order valence-corrected chi connectivity index (χ2v) is 7.89. The molecule has 3 aromatic rings. The van der Waals surface area contributed by atoms with Crippen LogP contribution < -0.4 is 0 Å². The van der Waals surface area contributed by atoms with Crippen LogP contribution in [0.25, 0.3) is 0 Å². The molecule has 26 heavy (non-hydrogen) atoms. The van der Waals surface area contributed by atoms with E-state index in [-0.39, 0.29) is 0 Å². The van der Waals surface area contributed by atoms with Crippen LogP contribution in [-0.4, -0.2) is 0 Å². The van der Waals surface area contributed by atoms with Gasteiger partial charge in [0.2, 0.25) is 0 Å². The van der Waals surface area contributed by atoms with Crippen molar-refractivity contribution < 1.29 is 0 Å². The minimum Gasteiger partial charge on any atom is -0.0588 e. The molecule has 3 rings (SSSR count). The normalized spacial score (nSPS) is 11.0. The maximum absolute atomic E-state index is 2.41. The van der Waals surface area contributed by atoms with E-state index in [0.29, 0.717) is 0 Å². The first-order chi connectivity index (χ1) is 12.3. The molecule has 3 aromatic carbocycles. The average Bonchev–Trinajstić information content (AvgIpc) is 2.59. The van der Waals surface area contributed by atoms with Crippen LogP contribution in [0.2, 0.25) is 0 Å². The Morgan fingerprint density at radius 3 is 1.50 bits per heavy atom. The third kappa shape index (κ3) is 4.07. The number of hydrogen-bond acceptors (Lipinski definition) is 0. The number of benzene rings is 3. The van der Waals surface area contributed by atoms with Crippen LogP contribution in [0.15, 0.2) is 48.5 Å². The molecule has 0 unspecified atom stereocenters. The molecule has 0 aromatic heterocycles. The Balaban J connectivity index is 1.91. The van der Waals surface area contributed by atoms with Gasteiger partial charge in [-0.05, 0) is 110 Å². The Bertz CT molecular complexity index is 944. The summed E-state index contributed by atoms with van der Waals surface area (Å²) >= 11 is 0. The molecule has 0 spiro atoms. The molecular weight excluding hydrogens is 312 g/mol. The van der Waals surface area contributed by atoms with E-state index in [1.165, 1.54) is 55.6 Å². The molecule has 0 heterocycles. The Labute approximate surface area is 158 Å². The molecular formula is C26H30. The summed E-state index contributed by atoms with van der Waals surface area (Å²) in [6, 6.07) is 18.4. The van der Waals surface area contributed by atoms with E-state index >= 15 is 0 Å².